The van der Waals surface area contributed by atoms with E-state index in [0.29, 0.717) is 13.2 Å². The third kappa shape index (κ3) is 2.45. The Morgan fingerprint density at radius 3 is 2.70 bits per heavy atom. The Kier molecular flexibility index (Phi) is 3.77. The van der Waals surface area contributed by atoms with Gasteiger partial charge in [-0.15, -0.1) is 0 Å². The molecule has 5 heteroatoms. The highest BCUT2D eigenvalue weighted by molar-refractivity contribution is 5.45. The maximum Gasteiger partial charge on any atom is 0.231 e. The number of fused-ring (bicyclic) bond motifs is 1. The summed E-state index contributed by atoms with van der Waals surface area (Å²) in [4.78, 5) is 2.19. The molecule has 1 fully saturated rings. The first-order chi connectivity index (χ1) is 9.79. The van der Waals surface area contributed by atoms with Crippen LogP contribution in [0.25, 0.3) is 0 Å². The smallest absolute Gasteiger partial charge is 0.231 e. The molecule has 0 bridgehead atoms. The van der Waals surface area contributed by atoms with Gasteiger partial charge in [-0.05, 0) is 17.7 Å². The third-order valence-electron chi connectivity index (χ3n) is 3.97. The molecule has 0 N–H and O–H groups in total. The molecule has 0 aliphatic carbocycles. The quantitative estimate of drug-likeness (QED) is 0.840. The van der Waals surface area contributed by atoms with Gasteiger partial charge in [-0.25, -0.2) is 0 Å². The molecule has 2 heterocycles. The van der Waals surface area contributed by atoms with Crippen molar-refractivity contribution in [2.45, 2.75) is 18.9 Å². The van der Waals surface area contributed by atoms with Crippen LogP contribution in [0.15, 0.2) is 18.2 Å². The highest BCUT2D eigenvalue weighted by Crippen LogP contribution is 2.35. The average molecular weight is 274 g/mol. The first-order valence-corrected chi connectivity index (χ1v) is 6.90. The van der Waals surface area contributed by atoms with Crippen LogP contribution in [0.2, 0.25) is 0 Å². The van der Waals surface area contributed by atoms with E-state index in [-0.39, 0.29) is 18.8 Å². The SMILES string of the molecule is CC(c1ccc2c(c1)OCO2)C(C#N)N1CCOCC1. The second-order valence-electron chi connectivity index (χ2n) is 5.12. The molecule has 5 nitrogen and oxygen atoms in total. The summed E-state index contributed by atoms with van der Waals surface area (Å²) in [6.07, 6.45) is 0. The van der Waals surface area contributed by atoms with E-state index < -0.39 is 0 Å². The zero-order valence-corrected chi connectivity index (χ0v) is 11.5. The molecule has 2 aliphatic rings. The first-order valence-electron chi connectivity index (χ1n) is 6.90. The number of hydrogen-bond acceptors (Lipinski definition) is 5. The van der Waals surface area contributed by atoms with Crippen LogP contribution in [0.4, 0.5) is 0 Å². The predicted molar refractivity (Wildman–Crippen MR) is 72.8 cm³/mol. The molecule has 2 aliphatic heterocycles. The molecule has 2 unspecified atom stereocenters. The molecular formula is C15H18N2O3. The van der Waals surface area contributed by atoms with Crippen LogP contribution in [-0.4, -0.2) is 44.0 Å². The monoisotopic (exact) mass is 274 g/mol. The number of ether oxygens (including phenoxy) is 3. The normalized spacial score (nSPS) is 21.2. The van der Waals surface area contributed by atoms with Crippen molar-refractivity contribution in [3.8, 4) is 17.6 Å². The second kappa shape index (κ2) is 5.70. The van der Waals surface area contributed by atoms with Crippen molar-refractivity contribution in [2.75, 3.05) is 33.1 Å². The molecule has 0 radical (unpaired) electrons. The van der Waals surface area contributed by atoms with Gasteiger partial charge in [0, 0.05) is 19.0 Å². The number of benzene rings is 1. The molecule has 1 aromatic carbocycles. The summed E-state index contributed by atoms with van der Waals surface area (Å²) in [5.74, 6) is 1.67. The highest BCUT2D eigenvalue weighted by atomic mass is 16.7. The van der Waals surface area contributed by atoms with Crippen molar-refractivity contribution < 1.29 is 14.2 Å². The van der Waals surface area contributed by atoms with Gasteiger partial charge in [0.05, 0.1) is 19.3 Å². The lowest BCUT2D eigenvalue weighted by atomic mass is 9.92. The van der Waals surface area contributed by atoms with Gasteiger partial charge >= 0.3 is 0 Å². The van der Waals surface area contributed by atoms with E-state index in [9.17, 15) is 5.26 Å². The zero-order valence-electron chi connectivity index (χ0n) is 11.5. The van der Waals surface area contributed by atoms with Crippen LogP contribution in [0.3, 0.4) is 0 Å². The minimum absolute atomic E-state index is 0.118. The lowest BCUT2D eigenvalue weighted by Gasteiger charge is -2.33. The average Bonchev–Trinajstić information content (AvgIpc) is 2.96. The van der Waals surface area contributed by atoms with Gasteiger partial charge in [0.1, 0.15) is 6.04 Å². The van der Waals surface area contributed by atoms with Crippen LogP contribution in [-0.2, 0) is 4.74 Å². The summed E-state index contributed by atoms with van der Waals surface area (Å²) >= 11 is 0. The minimum Gasteiger partial charge on any atom is -0.454 e. The largest absolute Gasteiger partial charge is 0.454 e. The van der Waals surface area contributed by atoms with Gasteiger partial charge in [0.2, 0.25) is 6.79 Å². The van der Waals surface area contributed by atoms with Gasteiger partial charge in [0.25, 0.3) is 0 Å². The lowest BCUT2D eigenvalue weighted by molar-refractivity contribution is 0.0231. The Morgan fingerprint density at radius 2 is 1.95 bits per heavy atom. The number of nitriles is 1. The molecule has 2 atom stereocenters. The summed E-state index contributed by atoms with van der Waals surface area (Å²) in [7, 11) is 0. The fraction of sp³-hybridized carbons (Fsp3) is 0.533. The molecular weight excluding hydrogens is 256 g/mol. The van der Waals surface area contributed by atoms with Gasteiger partial charge in [-0.3, -0.25) is 4.90 Å². The fourth-order valence-electron chi connectivity index (χ4n) is 2.74. The van der Waals surface area contributed by atoms with Crippen molar-refractivity contribution >= 4 is 0 Å². The Labute approximate surface area is 118 Å². The number of hydrogen-bond donors (Lipinski definition) is 0. The Balaban J connectivity index is 1.79. The molecule has 0 amide bonds. The third-order valence-corrected chi connectivity index (χ3v) is 3.97. The number of nitrogens with zero attached hydrogens (tertiary/aromatic N) is 2. The van der Waals surface area contributed by atoms with Crippen LogP contribution >= 0.6 is 0 Å². The number of morpholine rings is 1. The summed E-state index contributed by atoms with van der Waals surface area (Å²) in [6.45, 7) is 5.39. The topological polar surface area (TPSA) is 54.7 Å². The Bertz CT molecular complexity index is 520. The standard InChI is InChI=1S/C15H18N2O3/c1-11(13(9-16)17-4-6-18-7-5-17)12-2-3-14-15(8-12)20-10-19-14/h2-3,8,11,13H,4-7,10H2,1H3. The van der Waals surface area contributed by atoms with Gasteiger partial charge < -0.3 is 14.2 Å². The van der Waals surface area contributed by atoms with Gasteiger partial charge in [-0.2, -0.15) is 5.26 Å². The molecule has 1 saturated heterocycles. The van der Waals surface area contributed by atoms with E-state index in [0.717, 1.165) is 30.2 Å². The van der Waals surface area contributed by atoms with E-state index in [1.807, 2.05) is 18.2 Å². The molecule has 20 heavy (non-hydrogen) atoms. The van der Waals surface area contributed by atoms with Gasteiger partial charge in [0.15, 0.2) is 11.5 Å². The van der Waals surface area contributed by atoms with E-state index in [1.54, 1.807) is 0 Å². The van der Waals surface area contributed by atoms with Crippen molar-refractivity contribution in [1.29, 1.82) is 5.26 Å². The lowest BCUT2D eigenvalue weighted by Crippen LogP contribution is -2.45. The summed E-state index contributed by atoms with van der Waals surface area (Å²) < 4.78 is 16.1. The summed E-state index contributed by atoms with van der Waals surface area (Å²) in [6, 6.07) is 8.22. The van der Waals surface area contributed by atoms with Crippen molar-refractivity contribution in [3.63, 3.8) is 0 Å². The van der Waals surface area contributed by atoms with Crippen molar-refractivity contribution in [3.05, 3.63) is 23.8 Å². The van der Waals surface area contributed by atoms with Crippen molar-refractivity contribution in [2.24, 2.45) is 0 Å². The van der Waals surface area contributed by atoms with Crippen LogP contribution in [0.1, 0.15) is 18.4 Å². The molecule has 106 valence electrons. The predicted octanol–water partition coefficient (Wildman–Crippen LogP) is 1.74. The maximum atomic E-state index is 9.52. The number of rotatable bonds is 3. The minimum atomic E-state index is -0.140. The van der Waals surface area contributed by atoms with Crippen LogP contribution < -0.4 is 9.47 Å². The first kappa shape index (κ1) is 13.2. The Morgan fingerprint density at radius 1 is 1.20 bits per heavy atom. The fourth-order valence-corrected chi connectivity index (χ4v) is 2.74. The summed E-state index contributed by atoms with van der Waals surface area (Å²) in [5.41, 5.74) is 1.10. The van der Waals surface area contributed by atoms with E-state index in [4.69, 9.17) is 14.2 Å². The van der Waals surface area contributed by atoms with Crippen molar-refractivity contribution in [1.82, 2.24) is 4.90 Å². The van der Waals surface area contributed by atoms with E-state index >= 15 is 0 Å². The Hall–Kier alpha value is -1.77. The molecule has 1 aromatic rings. The molecule has 0 aromatic heterocycles. The van der Waals surface area contributed by atoms with Gasteiger partial charge in [-0.1, -0.05) is 13.0 Å². The highest BCUT2D eigenvalue weighted by Gasteiger charge is 2.28. The molecule has 0 spiro atoms. The van der Waals surface area contributed by atoms with Crippen LogP contribution in [0.5, 0.6) is 11.5 Å². The second-order valence-corrected chi connectivity index (χ2v) is 5.12. The maximum absolute atomic E-state index is 9.52. The van der Waals surface area contributed by atoms with Crippen LogP contribution in [0, 0.1) is 11.3 Å². The summed E-state index contributed by atoms with van der Waals surface area (Å²) in [5, 5.41) is 9.52. The molecule has 0 saturated carbocycles. The molecule has 3 rings (SSSR count). The zero-order chi connectivity index (χ0) is 13.9. The van der Waals surface area contributed by atoms with E-state index in [1.165, 1.54) is 0 Å². The van der Waals surface area contributed by atoms with E-state index in [2.05, 4.69) is 17.9 Å².